The number of fused-ring (bicyclic) bond motifs is 13. The molecule has 0 saturated heterocycles. The summed E-state index contributed by atoms with van der Waals surface area (Å²) >= 11 is 0. The molecule has 50 heavy (non-hydrogen) atoms. The zero-order valence-corrected chi connectivity index (χ0v) is 26.9. The molecule has 4 nitrogen and oxygen atoms in total. The maximum atomic E-state index is 5.12. The van der Waals surface area contributed by atoms with Gasteiger partial charge >= 0.3 is 0 Å². The Morgan fingerprint density at radius 3 is 1.54 bits per heavy atom. The van der Waals surface area contributed by atoms with Crippen molar-refractivity contribution in [1.29, 1.82) is 0 Å². The third-order valence-electron chi connectivity index (χ3n) is 10.7. The maximum Gasteiger partial charge on any atom is 0.164 e. The van der Waals surface area contributed by atoms with E-state index in [0.717, 1.165) is 27.7 Å². The van der Waals surface area contributed by atoms with Crippen LogP contribution < -0.4 is 0 Å². The molecule has 0 radical (unpaired) electrons. The van der Waals surface area contributed by atoms with Gasteiger partial charge in [-0.05, 0) is 68.8 Å². The molecule has 1 unspecified atom stereocenters. The molecule has 11 rings (SSSR count). The van der Waals surface area contributed by atoms with Crippen molar-refractivity contribution >= 4 is 21.8 Å². The molecule has 0 saturated carbocycles. The molecule has 0 amide bonds. The van der Waals surface area contributed by atoms with Gasteiger partial charge in [-0.15, -0.1) is 0 Å². The first kappa shape index (κ1) is 27.3. The van der Waals surface area contributed by atoms with E-state index >= 15 is 0 Å². The van der Waals surface area contributed by atoms with Crippen LogP contribution in [0.25, 0.3) is 78.2 Å². The Bertz CT molecular complexity index is 2760. The predicted octanol–water partition coefficient (Wildman–Crippen LogP) is 10.9. The van der Waals surface area contributed by atoms with Gasteiger partial charge in [0.25, 0.3) is 0 Å². The highest BCUT2D eigenvalue weighted by atomic mass is 15.0. The molecule has 2 aliphatic carbocycles. The number of para-hydroxylation sites is 1. The van der Waals surface area contributed by atoms with Gasteiger partial charge in [0.1, 0.15) is 0 Å². The number of benzene rings is 7. The second kappa shape index (κ2) is 10.2. The molecule has 9 aromatic rings. The van der Waals surface area contributed by atoms with Crippen molar-refractivity contribution in [2.75, 3.05) is 0 Å². The van der Waals surface area contributed by atoms with E-state index < -0.39 is 5.41 Å². The summed E-state index contributed by atoms with van der Waals surface area (Å²) < 4.78 is 0. The molecule has 1 N–H and O–H groups in total. The summed E-state index contributed by atoms with van der Waals surface area (Å²) in [6, 6.07) is 58.4. The second-order valence-corrected chi connectivity index (χ2v) is 13.3. The number of rotatable bonds is 3. The minimum atomic E-state index is -0.503. The number of H-pyrrole nitrogens is 1. The number of hydrogen-bond acceptors (Lipinski definition) is 3. The molecule has 0 aliphatic heterocycles. The average molecular weight is 637 g/mol. The first-order valence-electron chi connectivity index (χ1n) is 17.0. The van der Waals surface area contributed by atoms with Gasteiger partial charge in [0.2, 0.25) is 0 Å². The third-order valence-corrected chi connectivity index (χ3v) is 10.7. The smallest absolute Gasteiger partial charge is 0.164 e. The van der Waals surface area contributed by atoms with E-state index in [1.807, 2.05) is 36.4 Å². The van der Waals surface area contributed by atoms with Gasteiger partial charge in [-0.3, -0.25) is 0 Å². The number of hydrogen-bond donors (Lipinski definition) is 1. The van der Waals surface area contributed by atoms with Crippen molar-refractivity contribution in [3.63, 3.8) is 0 Å². The fraction of sp³-hybridized carbons (Fsp3) is 0.0217. The van der Waals surface area contributed by atoms with Crippen LogP contribution in [0.3, 0.4) is 0 Å². The highest BCUT2D eigenvalue weighted by molar-refractivity contribution is 6.10. The van der Waals surface area contributed by atoms with Crippen LogP contribution in [-0.4, -0.2) is 19.9 Å². The molecule has 232 valence electrons. The van der Waals surface area contributed by atoms with Gasteiger partial charge in [-0.25, -0.2) is 15.0 Å². The fourth-order valence-electron chi connectivity index (χ4n) is 8.56. The second-order valence-electron chi connectivity index (χ2n) is 13.3. The molecular formula is C46H28N4. The first-order valence-corrected chi connectivity index (χ1v) is 17.0. The fourth-order valence-corrected chi connectivity index (χ4v) is 8.56. The Labute approximate surface area is 288 Å². The van der Waals surface area contributed by atoms with Crippen LogP contribution in [0.1, 0.15) is 22.3 Å². The van der Waals surface area contributed by atoms with E-state index in [9.17, 15) is 0 Å². The molecule has 1 spiro atoms. The standard InChI is InChI=1S/C46H28N4/c1-3-13-28(14-4-1)43-48-44(29-15-5-2-6-16-29)50-45(49-43)30-23-24-33-31-17-7-10-20-37(31)46(39(33)25-30)38-21-11-8-18-32(38)35-26-36-34-19-9-12-22-41(34)47-42(36)27-40(35)46/h1-27,47H. The topological polar surface area (TPSA) is 54.5 Å². The van der Waals surface area contributed by atoms with E-state index in [4.69, 9.17) is 15.0 Å². The molecule has 2 aliphatic rings. The maximum absolute atomic E-state index is 5.12. The SMILES string of the molecule is c1ccc(-c2nc(-c3ccccc3)nc(-c3ccc4c(c3)C3(c5ccccc5-4)c4ccccc4-c4cc5c(cc43)[nH]c3ccccc35)n2)cc1. The van der Waals surface area contributed by atoms with Gasteiger partial charge in [0.15, 0.2) is 17.5 Å². The van der Waals surface area contributed by atoms with Gasteiger partial charge in [-0.1, -0.05) is 140 Å². The highest BCUT2D eigenvalue weighted by Crippen LogP contribution is 2.63. The lowest BCUT2D eigenvalue weighted by Gasteiger charge is -2.30. The first-order chi connectivity index (χ1) is 24.8. The van der Waals surface area contributed by atoms with Crippen LogP contribution in [0.15, 0.2) is 164 Å². The summed E-state index contributed by atoms with van der Waals surface area (Å²) in [6.07, 6.45) is 0. The van der Waals surface area contributed by atoms with Crippen LogP contribution in [0.2, 0.25) is 0 Å². The van der Waals surface area contributed by atoms with Crippen molar-refractivity contribution in [3.8, 4) is 56.4 Å². The lowest BCUT2D eigenvalue weighted by Crippen LogP contribution is -2.26. The Kier molecular flexibility index (Phi) is 5.56. The summed E-state index contributed by atoms with van der Waals surface area (Å²) in [5.74, 6) is 1.97. The lowest BCUT2D eigenvalue weighted by atomic mass is 9.70. The minimum Gasteiger partial charge on any atom is -0.355 e. The minimum absolute atomic E-state index is 0.503. The van der Waals surface area contributed by atoms with E-state index in [1.165, 1.54) is 55.3 Å². The lowest BCUT2D eigenvalue weighted by molar-refractivity contribution is 0.795. The third kappa shape index (κ3) is 3.67. The van der Waals surface area contributed by atoms with E-state index in [1.54, 1.807) is 0 Å². The van der Waals surface area contributed by atoms with Crippen molar-refractivity contribution < 1.29 is 0 Å². The summed E-state index contributed by atoms with van der Waals surface area (Å²) in [4.78, 5) is 18.9. The van der Waals surface area contributed by atoms with Gasteiger partial charge in [0.05, 0.1) is 5.41 Å². The van der Waals surface area contributed by atoms with Gasteiger partial charge in [0, 0.05) is 38.5 Å². The largest absolute Gasteiger partial charge is 0.355 e. The Balaban J connectivity index is 1.20. The molecule has 7 aromatic carbocycles. The van der Waals surface area contributed by atoms with Crippen molar-refractivity contribution in [1.82, 2.24) is 19.9 Å². The zero-order valence-electron chi connectivity index (χ0n) is 26.9. The predicted molar refractivity (Wildman–Crippen MR) is 202 cm³/mol. The Morgan fingerprint density at radius 2 is 0.860 bits per heavy atom. The molecule has 1 atom stereocenters. The molecule has 0 fully saturated rings. The van der Waals surface area contributed by atoms with Gasteiger partial charge in [-0.2, -0.15) is 0 Å². The number of nitrogens with one attached hydrogen (secondary N) is 1. The van der Waals surface area contributed by atoms with Gasteiger partial charge < -0.3 is 4.98 Å². The van der Waals surface area contributed by atoms with Crippen LogP contribution in [0.4, 0.5) is 0 Å². The monoisotopic (exact) mass is 636 g/mol. The van der Waals surface area contributed by atoms with E-state index in [2.05, 4.69) is 132 Å². The van der Waals surface area contributed by atoms with Crippen LogP contribution in [-0.2, 0) is 5.41 Å². The zero-order chi connectivity index (χ0) is 32.8. The number of aromatic amines is 1. The van der Waals surface area contributed by atoms with E-state index in [-0.39, 0.29) is 0 Å². The summed E-state index contributed by atoms with van der Waals surface area (Å²) in [5, 5.41) is 2.50. The average Bonchev–Trinajstić information content (AvgIpc) is 3.80. The number of aromatic nitrogens is 4. The Morgan fingerprint density at radius 1 is 0.340 bits per heavy atom. The summed E-state index contributed by atoms with van der Waals surface area (Å²) in [7, 11) is 0. The molecule has 2 aromatic heterocycles. The molecule has 4 heteroatoms. The summed E-state index contributed by atoms with van der Waals surface area (Å²) in [6.45, 7) is 0. The normalized spacial score (nSPS) is 15.3. The van der Waals surface area contributed by atoms with Crippen LogP contribution in [0, 0.1) is 0 Å². The van der Waals surface area contributed by atoms with Crippen molar-refractivity contribution in [2.24, 2.45) is 0 Å². The quantitative estimate of drug-likeness (QED) is 0.210. The highest BCUT2D eigenvalue weighted by Gasteiger charge is 2.52. The van der Waals surface area contributed by atoms with Crippen LogP contribution in [0.5, 0.6) is 0 Å². The summed E-state index contributed by atoms with van der Waals surface area (Å²) in [5.41, 5.74) is 14.9. The van der Waals surface area contributed by atoms with Crippen molar-refractivity contribution in [2.45, 2.75) is 5.41 Å². The van der Waals surface area contributed by atoms with Crippen molar-refractivity contribution in [3.05, 3.63) is 186 Å². The van der Waals surface area contributed by atoms with Crippen LogP contribution >= 0.6 is 0 Å². The Hall–Kier alpha value is -6.65. The molecule has 0 bridgehead atoms. The molecule has 2 heterocycles. The molecular weight excluding hydrogens is 609 g/mol. The number of nitrogens with zero attached hydrogens (tertiary/aromatic N) is 3. The van der Waals surface area contributed by atoms with E-state index in [0.29, 0.717) is 17.5 Å².